The lowest BCUT2D eigenvalue weighted by molar-refractivity contribution is -0.126. The number of hydrogen-bond acceptors (Lipinski definition) is 4. The molecule has 3 aliphatic rings. The van der Waals surface area contributed by atoms with E-state index in [0.717, 1.165) is 44.6 Å². The topological polar surface area (TPSA) is 55.9 Å². The maximum atomic E-state index is 13.0. The summed E-state index contributed by atoms with van der Waals surface area (Å²) in [6.45, 7) is 9.96. The van der Waals surface area contributed by atoms with Crippen molar-refractivity contribution in [2.24, 2.45) is 5.41 Å². The Bertz CT molecular complexity index is 803. The Balaban J connectivity index is 1.39. The molecule has 1 aromatic carbocycles. The predicted molar refractivity (Wildman–Crippen MR) is 120 cm³/mol. The van der Waals surface area contributed by atoms with Crippen molar-refractivity contribution in [2.45, 2.75) is 64.6 Å². The van der Waals surface area contributed by atoms with Gasteiger partial charge in [0.1, 0.15) is 6.04 Å². The minimum Gasteiger partial charge on any atom is -0.353 e. The molecule has 2 amide bonds. The highest BCUT2D eigenvalue weighted by atomic mass is 16.2. The van der Waals surface area contributed by atoms with Crippen LogP contribution in [0.4, 0.5) is 5.69 Å². The molecule has 1 N–H and O–H groups in total. The molecular weight excluding hydrogens is 376 g/mol. The number of benzene rings is 1. The first kappa shape index (κ1) is 21.3. The number of anilines is 1. The highest BCUT2D eigenvalue weighted by molar-refractivity contribution is 5.95. The van der Waals surface area contributed by atoms with Crippen LogP contribution in [-0.2, 0) is 16.0 Å². The van der Waals surface area contributed by atoms with E-state index >= 15 is 0 Å². The van der Waals surface area contributed by atoms with Gasteiger partial charge in [-0.2, -0.15) is 0 Å². The molecule has 164 valence electrons. The molecule has 3 atom stereocenters. The summed E-state index contributed by atoms with van der Waals surface area (Å²) < 4.78 is 0. The van der Waals surface area contributed by atoms with Gasteiger partial charge in [-0.3, -0.25) is 19.4 Å². The lowest BCUT2D eigenvalue weighted by Gasteiger charge is -2.35. The summed E-state index contributed by atoms with van der Waals surface area (Å²) in [7, 11) is 2.14. The van der Waals surface area contributed by atoms with Crippen LogP contribution in [-0.4, -0.2) is 73.0 Å². The molecule has 3 heterocycles. The first-order valence-corrected chi connectivity index (χ1v) is 11.4. The number of likely N-dealkylation sites (tertiary alicyclic amines) is 1. The van der Waals surface area contributed by atoms with Gasteiger partial charge in [0, 0.05) is 50.4 Å². The van der Waals surface area contributed by atoms with Gasteiger partial charge in [-0.15, -0.1) is 0 Å². The maximum Gasteiger partial charge on any atom is 0.239 e. The monoisotopic (exact) mass is 412 g/mol. The second-order valence-electron chi connectivity index (χ2n) is 10.4. The Kier molecular flexibility index (Phi) is 5.90. The van der Waals surface area contributed by atoms with Crippen LogP contribution in [0.5, 0.6) is 0 Å². The summed E-state index contributed by atoms with van der Waals surface area (Å²) in [5, 5.41) is 3.17. The Morgan fingerprint density at radius 3 is 2.73 bits per heavy atom. The number of carbonyl (C=O) groups is 2. The highest BCUT2D eigenvalue weighted by Gasteiger charge is 2.45. The zero-order valence-electron chi connectivity index (χ0n) is 18.9. The van der Waals surface area contributed by atoms with Gasteiger partial charge in [0.2, 0.25) is 11.8 Å². The van der Waals surface area contributed by atoms with Gasteiger partial charge >= 0.3 is 0 Å². The fourth-order valence-corrected chi connectivity index (χ4v) is 5.46. The van der Waals surface area contributed by atoms with Crippen LogP contribution in [0.3, 0.4) is 0 Å². The maximum absolute atomic E-state index is 13.0. The molecule has 0 bridgehead atoms. The second kappa shape index (κ2) is 8.31. The minimum atomic E-state index is -0.0830. The van der Waals surface area contributed by atoms with E-state index < -0.39 is 0 Å². The molecule has 3 aliphatic heterocycles. The molecule has 4 rings (SSSR count). The summed E-state index contributed by atoms with van der Waals surface area (Å²) in [5.74, 6) is 0.345. The molecular formula is C24H36N4O2. The standard InChI is InChI=1S/C24H36N4O2/c1-24(2,3)16-27-13-12-20-22(27)23(30)25-15-18(26(20)4)9-10-21(29)28-14-11-17-7-5-6-8-19(17)28/h5-8,18,20,22H,9-16H2,1-4H3,(H,25,30)/t18-,20+,22-/m0/s1. The van der Waals surface area contributed by atoms with E-state index in [0.29, 0.717) is 13.0 Å². The highest BCUT2D eigenvalue weighted by Crippen LogP contribution is 2.31. The first-order chi connectivity index (χ1) is 14.2. The first-order valence-electron chi connectivity index (χ1n) is 11.4. The summed E-state index contributed by atoms with van der Waals surface area (Å²) in [6.07, 6.45) is 3.24. The van der Waals surface area contributed by atoms with Gasteiger partial charge in [0.15, 0.2) is 0 Å². The summed E-state index contributed by atoms with van der Waals surface area (Å²) in [6, 6.07) is 8.54. The Morgan fingerprint density at radius 1 is 1.20 bits per heavy atom. The molecule has 6 heteroatoms. The number of hydrogen-bond donors (Lipinski definition) is 1. The van der Waals surface area contributed by atoms with Crippen LogP contribution in [0.25, 0.3) is 0 Å². The fourth-order valence-electron chi connectivity index (χ4n) is 5.46. The Labute approximate surface area is 180 Å². The summed E-state index contributed by atoms with van der Waals surface area (Å²) in [5.41, 5.74) is 2.49. The lowest BCUT2D eigenvalue weighted by Crippen LogP contribution is -2.51. The molecule has 0 radical (unpaired) electrons. The van der Waals surface area contributed by atoms with Gasteiger partial charge < -0.3 is 10.2 Å². The smallest absolute Gasteiger partial charge is 0.239 e. The van der Waals surface area contributed by atoms with Crippen molar-refractivity contribution in [1.29, 1.82) is 0 Å². The third kappa shape index (κ3) is 4.26. The SMILES string of the molecule is CN1[C@@H](CCC(=O)N2CCc3ccccc32)CNC(=O)[C@@H]2[C@H]1CCN2CC(C)(C)C. The fraction of sp³-hybridized carbons (Fsp3) is 0.667. The van der Waals surface area contributed by atoms with Crippen molar-refractivity contribution in [3.05, 3.63) is 29.8 Å². The van der Waals surface area contributed by atoms with E-state index in [1.165, 1.54) is 5.56 Å². The number of carbonyl (C=O) groups excluding carboxylic acids is 2. The summed E-state index contributed by atoms with van der Waals surface area (Å²) >= 11 is 0. The number of nitrogens with zero attached hydrogens (tertiary/aromatic N) is 3. The third-order valence-electron chi connectivity index (χ3n) is 6.91. The van der Waals surface area contributed by atoms with Gasteiger partial charge in [-0.25, -0.2) is 0 Å². The van der Waals surface area contributed by atoms with E-state index in [1.54, 1.807) is 0 Å². The molecule has 0 spiro atoms. The van der Waals surface area contributed by atoms with E-state index in [9.17, 15) is 9.59 Å². The average molecular weight is 413 g/mol. The van der Waals surface area contributed by atoms with E-state index in [4.69, 9.17) is 0 Å². The van der Waals surface area contributed by atoms with E-state index in [2.05, 4.69) is 49.0 Å². The number of likely N-dealkylation sites (N-methyl/N-ethyl adjacent to an activating group) is 1. The molecule has 1 aromatic rings. The normalized spacial score (nSPS) is 27.5. The van der Waals surface area contributed by atoms with Crippen LogP contribution < -0.4 is 10.2 Å². The molecule has 2 fully saturated rings. The molecule has 0 aliphatic carbocycles. The van der Waals surface area contributed by atoms with Gasteiger partial charge in [-0.05, 0) is 43.4 Å². The van der Waals surface area contributed by atoms with Crippen molar-refractivity contribution in [3.63, 3.8) is 0 Å². The second-order valence-corrected chi connectivity index (χ2v) is 10.4. The number of amides is 2. The summed E-state index contributed by atoms with van der Waals surface area (Å²) in [4.78, 5) is 32.5. The molecule has 0 aromatic heterocycles. The average Bonchev–Trinajstić information content (AvgIpc) is 3.27. The van der Waals surface area contributed by atoms with Crippen molar-refractivity contribution in [1.82, 2.24) is 15.1 Å². The zero-order valence-corrected chi connectivity index (χ0v) is 18.9. The zero-order chi connectivity index (χ0) is 21.5. The van der Waals surface area contributed by atoms with Gasteiger partial charge in [0.25, 0.3) is 0 Å². The quantitative estimate of drug-likeness (QED) is 0.824. The van der Waals surface area contributed by atoms with E-state index in [-0.39, 0.29) is 35.4 Å². The largest absolute Gasteiger partial charge is 0.353 e. The van der Waals surface area contributed by atoms with Crippen LogP contribution in [0.1, 0.15) is 45.6 Å². The number of rotatable bonds is 4. The van der Waals surface area contributed by atoms with Gasteiger partial charge in [0.05, 0.1) is 0 Å². The molecule has 30 heavy (non-hydrogen) atoms. The van der Waals surface area contributed by atoms with Crippen LogP contribution >= 0.6 is 0 Å². The Hall–Kier alpha value is -1.92. The molecule has 2 saturated heterocycles. The molecule has 0 saturated carbocycles. The number of para-hydroxylation sites is 1. The van der Waals surface area contributed by atoms with E-state index in [1.807, 2.05) is 23.1 Å². The Morgan fingerprint density at radius 2 is 1.97 bits per heavy atom. The van der Waals surface area contributed by atoms with Gasteiger partial charge in [-0.1, -0.05) is 39.0 Å². The molecule has 0 unspecified atom stereocenters. The van der Waals surface area contributed by atoms with Crippen LogP contribution in [0.15, 0.2) is 24.3 Å². The predicted octanol–water partition coefficient (Wildman–Crippen LogP) is 2.28. The van der Waals surface area contributed by atoms with Crippen LogP contribution in [0.2, 0.25) is 0 Å². The van der Waals surface area contributed by atoms with Crippen LogP contribution in [0, 0.1) is 5.41 Å². The third-order valence-corrected chi connectivity index (χ3v) is 6.91. The minimum absolute atomic E-state index is 0.0830. The lowest BCUT2D eigenvalue weighted by atomic mass is 9.95. The van der Waals surface area contributed by atoms with Crippen molar-refractivity contribution in [3.8, 4) is 0 Å². The van der Waals surface area contributed by atoms with Crippen molar-refractivity contribution >= 4 is 17.5 Å². The van der Waals surface area contributed by atoms with Crippen molar-refractivity contribution < 1.29 is 9.59 Å². The van der Waals surface area contributed by atoms with Crippen molar-refractivity contribution in [2.75, 3.05) is 38.1 Å². The number of fused-ring (bicyclic) bond motifs is 2. The molecule has 6 nitrogen and oxygen atoms in total. The number of nitrogens with one attached hydrogen (secondary N) is 1.